The third-order valence-electron chi connectivity index (χ3n) is 3.12. The Balaban J connectivity index is 2.80. The summed E-state index contributed by atoms with van der Waals surface area (Å²) in [5, 5.41) is 0. The summed E-state index contributed by atoms with van der Waals surface area (Å²) in [6, 6.07) is 5.42. The maximum Gasteiger partial charge on any atom is 0.254 e. The van der Waals surface area contributed by atoms with E-state index in [2.05, 4.69) is 42.9 Å². The van der Waals surface area contributed by atoms with Crippen molar-refractivity contribution < 1.29 is 9.53 Å². The molecule has 120 valence electrons. The van der Waals surface area contributed by atoms with Gasteiger partial charge in [0.2, 0.25) is 0 Å². The molecule has 0 aliphatic heterocycles. The third-order valence-corrected chi connectivity index (χ3v) is 3.74. The highest BCUT2D eigenvalue weighted by Crippen LogP contribution is 2.27. The van der Waals surface area contributed by atoms with Gasteiger partial charge in [0.25, 0.3) is 5.91 Å². The van der Waals surface area contributed by atoms with Crippen LogP contribution in [-0.4, -0.2) is 30.5 Å². The van der Waals surface area contributed by atoms with Crippen LogP contribution in [0.5, 0.6) is 5.75 Å². The SMILES string of the molecule is C=CCN(CC=C)C(=O)c1ccc(OCCC(C)C)c(Br)c1. The van der Waals surface area contributed by atoms with Gasteiger partial charge >= 0.3 is 0 Å². The molecular formula is C18H24BrNO2. The summed E-state index contributed by atoms with van der Waals surface area (Å²) in [6.07, 6.45) is 4.42. The molecule has 3 nitrogen and oxygen atoms in total. The van der Waals surface area contributed by atoms with Crippen molar-refractivity contribution in [2.45, 2.75) is 20.3 Å². The van der Waals surface area contributed by atoms with E-state index in [1.165, 1.54) is 0 Å². The summed E-state index contributed by atoms with van der Waals surface area (Å²) in [4.78, 5) is 14.1. The van der Waals surface area contributed by atoms with Crippen molar-refractivity contribution in [3.8, 4) is 5.75 Å². The maximum absolute atomic E-state index is 12.5. The standard InChI is InChI=1S/C18H24BrNO2/c1-5-10-20(11-6-2)18(21)15-7-8-17(16(19)13-15)22-12-9-14(3)4/h5-8,13-14H,1-2,9-12H2,3-4H3. The molecule has 0 aliphatic carbocycles. The Labute approximate surface area is 141 Å². The van der Waals surface area contributed by atoms with Crippen LogP contribution in [0.4, 0.5) is 0 Å². The lowest BCUT2D eigenvalue weighted by molar-refractivity contribution is 0.0790. The van der Waals surface area contributed by atoms with Crippen molar-refractivity contribution >= 4 is 21.8 Å². The van der Waals surface area contributed by atoms with Crippen molar-refractivity contribution in [2.24, 2.45) is 5.92 Å². The number of halogens is 1. The van der Waals surface area contributed by atoms with Crippen LogP contribution in [0.25, 0.3) is 0 Å². The minimum absolute atomic E-state index is 0.0470. The quantitative estimate of drug-likeness (QED) is 0.594. The molecule has 0 aromatic heterocycles. The summed E-state index contributed by atoms with van der Waals surface area (Å²) < 4.78 is 6.52. The van der Waals surface area contributed by atoms with Crippen LogP contribution in [0, 0.1) is 5.92 Å². The molecule has 0 spiro atoms. The summed E-state index contributed by atoms with van der Waals surface area (Å²) >= 11 is 3.47. The monoisotopic (exact) mass is 365 g/mol. The summed E-state index contributed by atoms with van der Waals surface area (Å²) in [6.45, 7) is 13.3. The zero-order chi connectivity index (χ0) is 16.5. The summed E-state index contributed by atoms with van der Waals surface area (Å²) in [5.41, 5.74) is 0.617. The highest BCUT2D eigenvalue weighted by molar-refractivity contribution is 9.10. The second-order valence-electron chi connectivity index (χ2n) is 5.46. The van der Waals surface area contributed by atoms with Gasteiger partial charge in [-0.05, 0) is 46.5 Å². The molecule has 0 radical (unpaired) electrons. The Morgan fingerprint density at radius 2 is 1.95 bits per heavy atom. The number of carbonyl (C=O) groups excluding carboxylic acids is 1. The highest BCUT2D eigenvalue weighted by Gasteiger charge is 2.15. The number of rotatable bonds is 9. The van der Waals surface area contributed by atoms with Crippen LogP contribution in [0.3, 0.4) is 0 Å². The van der Waals surface area contributed by atoms with E-state index in [4.69, 9.17) is 4.74 Å². The first-order valence-electron chi connectivity index (χ1n) is 7.43. The number of benzene rings is 1. The molecule has 0 aliphatic rings. The van der Waals surface area contributed by atoms with Crippen LogP contribution < -0.4 is 4.74 Å². The largest absolute Gasteiger partial charge is 0.492 e. The Morgan fingerprint density at radius 3 is 2.45 bits per heavy atom. The van der Waals surface area contributed by atoms with Crippen LogP contribution in [0.2, 0.25) is 0 Å². The lowest BCUT2D eigenvalue weighted by atomic mass is 10.1. The molecule has 22 heavy (non-hydrogen) atoms. The predicted molar refractivity (Wildman–Crippen MR) is 95.4 cm³/mol. The molecule has 0 unspecified atom stereocenters. The molecule has 1 amide bonds. The normalized spacial score (nSPS) is 10.4. The van der Waals surface area contributed by atoms with Gasteiger partial charge in [-0.2, -0.15) is 0 Å². The van der Waals surface area contributed by atoms with Gasteiger partial charge in [0.05, 0.1) is 11.1 Å². The molecule has 0 N–H and O–H groups in total. The second-order valence-corrected chi connectivity index (χ2v) is 6.32. The van der Waals surface area contributed by atoms with Gasteiger partial charge in [-0.15, -0.1) is 13.2 Å². The van der Waals surface area contributed by atoms with E-state index < -0.39 is 0 Å². The van der Waals surface area contributed by atoms with Crippen molar-refractivity contribution in [3.63, 3.8) is 0 Å². The number of ether oxygens (including phenoxy) is 1. The van der Waals surface area contributed by atoms with Crippen molar-refractivity contribution in [2.75, 3.05) is 19.7 Å². The van der Waals surface area contributed by atoms with E-state index in [9.17, 15) is 4.79 Å². The first-order valence-corrected chi connectivity index (χ1v) is 8.22. The van der Waals surface area contributed by atoms with E-state index in [1.807, 2.05) is 6.07 Å². The van der Waals surface area contributed by atoms with Gasteiger partial charge in [-0.3, -0.25) is 4.79 Å². The molecule has 1 rings (SSSR count). The van der Waals surface area contributed by atoms with Gasteiger partial charge < -0.3 is 9.64 Å². The van der Waals surface area contributed by atoms with Crippen LogP contribution in [0.15, 0.2) is 48.0 Å². The number of hydrogen-bond donors (Lipinski definition) is 0. The number of nitrogens with zero attached hydrogens (tertiary/aromatic N) is 1. The molecule has 0 saturated heterocycles. The highest BCUT2D eigenvalue weighted by atomic mass is 79.9. The lowest BCUT2D eigenvalue weighted by Gasteiger charge is -2.19. The van der Waals surface area contributed by atoms with Crippen molar-refractivity contribution in [1.82, 2.24) is 4.90 Å². The smallest absolute Gasteiger partial charge is 0.254 e. The van der Waals surface area contributed by atoms with Crippen LogP contribution >= 0.6 is 15.9 Å². The topological polar surface area (TPSA) is 29.5 Å². The van der Waals surface area contributed by atoms with Gasteiger partial charge in [0.1, 0.15) is 5.75 Å². The second kappa shape index (κ2) is 9.46. The van der Waals surface area contributed by atoms with Crippen molar-refractivity contribution in [3.05, 3.63) is 53.5 Å². The van der Waals surface area contributed by atoms with Gasteiger partial charge in [0.15, 0.2) is 0 Å². The maximum atomic E-state index is 12.5. The fourth-order valence-electron chi connectivity index (χ4n) is 1.89. The fraction of sp³-hybridized carbons (Fsp3) is 0.389. The first-order chi connectivity index (χ1) is 10.5. The van der Waals surface area contributed by atoms with E-state index in [0.29, 0.717) is 31.2 Å². The van der Waals surface area contributed by atoms with E-state index in [-0.39, 0.29) is 5.91 Å². The molecule has 0 fully saturated rings. The van der Waals surface area contributed by atoms with E-state index in [0.717, 1.165) is 16.6 Å². The predicted octanol–water partition coefficient (Wildman–Crippen LogP) is 4.69. The fourth-order valence-corrected chi connectivity index (χ4v) is 2.38. The lowest BCUT2D eigenvalue weighted by Crippen LogP contribution is -2.31. The number of carbonyl (C=O) groups is 1. The summed E-state index contributed by atoms with van der Waals surface area (Å²) in [7, 11) is 0. The molecule has 0 bridgehead atoms. The average Bonchev–Trinajstić information content (AvgIpc) is 2.47. The number of hydrogen-bond acceptors (Lipinski definition) is 2. The Hall–Kier alpha value is -1.55. The van der Waals surface area contributed by atoms with E-state index >= 15 is 0 Å². The average molecular weight is 366 g/mol. The molecule has 0 atom stereocenters. The zero-order valence-electron chi connectivity index (χ0n) is 13.3. The van der Waals surface area contributed by atoms with Crippen LogP contribution in [-0.2, 0) is 0 Å². The Bertz CT molecular complexity index is 516. The molecule has 1 aromatic rings. The number of amides is 1. The minimum atomic E-state index is -0.0470. The molecule has 0 heterocycles. The van der Waals surface area contributed by atoms with Gasteiger partial charge in [0, 0.05) is 18.7 Å². The molecular weight excluding hydrogens is 342 g/mol. The third kappa shape index (κ3) is 5.68. The van der Waals surface area contributed by atoms with E-state index in [1.54, 1.807) is 29.2 Å². The van der Waals surface area contributed by atoms with Crippen molar-refractivity contribution in [1.29, 1.82) is 0 Å². The summed E-state index contributed by atoms with van der Waals surface area (Å²) in [5.74, 6) is 1.32. The molecule has 1 aromatic carbocycles. The zero-order valence-corrected chi connectivity index (χ0v) is 14.9. The van der Waals surface area contributed by atoms with Gasteiger partial charge in [-0.1, -0.05) is 26.0 Å². The Morgan fingerprint density at radius 1 is 1.32 bits per heavy atom. The first kappa shape index (κ1) is 18.5. The molecule has 4 heteroatoms. The van der Waals surface area contributed by atoms with Crippen LogP contribution in [0.1, 0.15) is 30.6 Å². The molecule has 0 saturated carbocycles. The van der Waals surface area contributed by atoms with Gasteiger partial charge in [-0.25, -0.2) is 0 Å². The minimum Gasteiger partial charge on any atom is -0.492 e. The Kier molecular flexibility index (Phi) is 7.96.